The van der Waals surface area contributed by atoms with E-state index in [1.165, 1.54) is 22.5 Å². The topological polar surface area (TPSA) is 134 Å². The zero-order valence-corrected chi connectivity index (χ0v) is 14.2. The van der Waals surface area contributed by atoms with Crippen LogP contribution >= 0.6 is 0 Å². The largest absolute Gasteiger partial charge is 0.462 e. The lowest BCUT2D eigenvalue weighted by atomic mass is 10.2. The van der Waals surface area contributed by atoms with E-state index in [9.17, 15) is 19.7 Å². The van der Waals surface area contributed by atoms with Crippen molar-refractivity contribution in [1.82, 2.24) is 19.6 Å². The Kier molecular flexibility index (Phi) is 5.15. The highest BCUT2D eigenvalue weighted by molar-refractivity contribution is 6.01. The zero-order chi connectivity index (χ0) is 18.7. The summed E-state index contributed by atoms with van der Waals surface area (Å²) < 4.78 is 7.49. The first-order valence-corrected chi connectivity index (χ1v) is 7.46. The molecule has 2 aromatic rings. The van der Waals surface area contributed by atoms with Crippen LogP contribution in [0, 0.1) is 17.0 Å². The summed E-state index contributed by atoms with van der Waals surface area (Å²) in [6.07, 6.45) is 2.38. The van der Waals surface area contributed by atoms with Crippen LogP contribution in [-0.2, 0) is 16.6 Å². The number of aromatic nitrogens is 4. The zero-order valence-electron chi connectivity index (χ0n) is 14.2. The van der Waals surface area contributed by atoms with Gasteiger partial charge in [0.25, 0.3) is 0 Å². The Balaban J connectivity index is 2.24. The lowest BCUT2D eigenvalue weighted by molar-refractivity contribution is -0.385. The van der Waals surface area contributed by atoms with Crippen LogP contribution in [0.4, 0.5) is 11.5 Å². The Morgan fingerprint density at radius 2 is 2.08 bits per heavy atom. The van der Waals surface area contributed by atoms with Gasteiger partial charge in [0.1, 0.15) is 29.3 Å². The Morgan fingerprint density at radius 1 is 1.40 bits per heavy atom. The molecule has 0 aromatic carbocycles. The average Bonchev–Trinajstić information content (AvgIpc) is 3.10. The fraction of sp³-hybridized carbons (Fsp3) is 0.429. The van der Waals surface area contributed by atoms with Crippen LogP contribution in [-0.4, -0.2) is 43.0 Å². The van der Waals surface area contributed by atoms with E-state index in [0.717, 1.165) is 6.20 Å². The summed E-state index contributed by atoms with van der Waals surface area (Å²) in [5, 5.41) is 21.3. The van der Waals surface area contributed by atoms with Gasteiger partial charge in [-0.05, 0) is 20.8 Å². The molecular formula is C14H18N6O5. The number of anilines is 1. The van der Waals surface area contributed by atoms with E-state index < -0.39 is 22.8 Å². The summed E-state index contributed by atoms with van der Waals surface area (Å²) in [6, 6.07) is -0.835. The molecule has 0 saturated heterocycles. The number of esters is 1. The van der Waals surface area contributed by atoms with Crippen molar-refractivity contribution in [2.45, 2.75) is 26.8 Å². The van der Waals surface area contributed by atoms with Crippen molar-refractivity contribution in [3.8, 4) is 0 Å². The third-order valence-corrected chi connectivity index (χ3v) is 3.64. The fourth-order valence-electron chi connectivity index (χ4n) is 2.26. The van der Waals surface area contributed by atoms with Gasteiger partial charge in [0.15, 0.2) is 0 Å². The first-order valence-electron chi connectivity index (χ1n) is 7.46. The third kappa shape index (κ3) is 3.49. The van der Waals surface area contributed by atoms with E-state index in [0.29, 0.717) is 0 Å². The number of hydrogen-bond acceptors (Lipinski definition) is 7. The maximum Gasteiger partial charge on any atom is 0.343 e. The molecular weight excluding hydrogens is 332 g/mol. The van der Waals surface area contributed by atoms with Gasteiger partial charge in [-0.2, -0.15) is 10.2 Å². The van der Waals surface area contributed by atoms with Crippen LogP contribution in [0.15, 0.2) is 12.4 Å². The SMILES string of the molecule is CCOC(=O)c1cnn(C)c1NC(=O)C(C)n1ncc([N+](=O)[O-])c1C. The molecule has 0 radical (unpaired) electrons. The first kappa shape index (κ1) is 18.1. The molecule has 134 valence electrons. The molecule has 0 fully saturated rings. The highest BCUT2D eigenvalue weighted by Crippen LogP contribution is 2.22. The minimum Gasteiger partial charge on any atom is -0.462 e. The Labute approximate surface area is 142 Å². The molecule has 0 aliphatic heterocycles. The van der Waals surface area contributed by atoms with Crippen LogP contribution in [0.1, 0.15) is 35.9 Å². The standard InChI is InChI=1S/C14H18N6O5/c1-5-25-14(22)10-6-15-18(4)12(10)17-13(21)9(3)19-8(2)11(7-16-19)20(23)24/h6-7,9H,5H2,1-4H3,(H,17,21). The van der Waals surface area contributed by atoms with Crippen molar-refractivity contribution in [3.63, 3.8) is 0 Å². The maximum atomic E-state index is 12.5. The molecule has 1 N–H and O–H groups in total. The van der Waals surface area contributed by atoms with Gasteiger partial charge < -0.3 is 10.1 Å². The van der Waals surface area contributed by atoms with Gasteiger partial charge in [-0.15, -0.1) is 0 Å². The van der Waals surface area contributed by atoms with Gasteiger partial charge in [0, 0.05) is 7.05 Å². The molecule has 1 amide bonds. The summed E-state index contributed by atoms with van der Waals surface area (Å²) in [6.45, 7) is 4.90. The highest BCUT2D eigenvalue weighted by atomic mass is 16.6. The van der Waals surface area contributed by atoms with Crippen molar-refractivity contribution in [3.05, 3.63) is 33.8 Å². The van der Waals surface area contributed by atoms with Crippen LogP contribution in [0.2, 0.25) is 0 Å². The molecule has 1 unspecified atom stereocenters. The van der Waals surface area contributed by atoms with Crippen LogP contribution in [0.25, 0.3) is 0 Å². The summed E-state index contributed by atoms with van der Waals surface area (Å²) in [5.41, 5.74) is 0.198. The molecule has 0 saturated carbocycles. The molecule has 2 rings (SSSR count). The minimum atomic E-state index is -0.835. The fourth-order valence-corrected chi connectivity index (χ4v) is 2.26. The predicted octanol–water partition coefficient (Wildman–Crippen LogP) is 1.21. The molecule has 2 aromatic heterocycles. The lowest BCUT2D eigenvalue weighted by Crippen LogP contribution is -2.27. The van der Waals surface area contributed by atoms with Crippen LogP contribution in [0.5, 0.6) is 0 Å². The average molecular weight is 350 g/mol. The molecule has 0 bridgehead atoms. The molecule has 25 heavy (non-hydrogen) atoms. The lowest BCUT2D eigenvalue weighted by Gasteiger charge is -2.15. The van der Waals surface area contributed by atoms with Gasteiger partial charge in [-0.1, -0.05) is 0 Å². The number of hydrogen-bond donors (Lipinski definition) is 1. The number of amides is 1. The van der Waals surface area contributed by atoms with Crippen molar-refractivity contribution in [2.75, 3.05) is 11.9 Å². The van der Waals surface area contributed by atoms with E-state index in [1.807, 2.05) is 0 Å². The summed E-state index contributed by atoms with van der Waals surface area (Å²) in [7, 11) is 1.56. The molecule has 11 nitrogen and oxygen atoms in total. The second-order valence-electron chi connectivity index (χ2n) is 5.23. The van der Waals surface area contributed by atoms with E-state index in [4.69, 9.17) is 4.74 Å². The second-order valence-corrected chi connectivity index (χ2v) is 5.23. The summed E-state index contributed by atoms with van der Waals surface area (Å²) in [5.74, 6) is -0.936. The first-order chi connectivity index (χ1) is 11.8. The number of aryl methyl sites for hydroxylation is 1. The van der Waals surface area contributed by atoms with Gasteiger partial charge in [-0.3, -0.25) is 24.3 Å². The molecule has 1 atom stereocenters. The summed E-state index contributed by atoms with van der Waals surface area (Å²) in [4.78, 5) is 34.7. The van der Waals surface area contributed by atoms with Gasteiger partial charge in [-0.25, -0.2) is 4.79 Å². The number of carbonyl (C=O) groups excluding carboxylic acids is 2. The Morgan fingerprint density at radius 3 is 2.64 bits per heavy atom. The van der Waals surface area contributed by atoms with E-state index >= 15 is 0 Å². The number of ether oxygens (including phenoxy) is 1. The monoisotopic (exact) mass is 350 g/mol. The quantitative estimate of drug-likeness (QED) is 0.470. The van der Waals surface area contributed by atoms with E-state index in [1.54, 1.807) is 20.9 Å². The smallest absolute Gasteiger partial charge is 0.343 e. The molecule has 0 aliphatic carbocycles. The number of carbonyl (C=O) groups is 2. The van der Waals surface area contributed by atoms with Crippen LogP contribution in [0.3, 0.4) is 0 Å². The minimum absolute atomic E-state index is 0.119. The maximum absolute atomic E-state index is 12.5. The van der Waals surface area contributed by atoms with E-state index in [-0.39, 0.29) is 29.4 Å². The molecule has 0 aliphatic rings. The Bertz CT molecular complexity index is 824. The van der Waals surface area contributed by atoms with Crippen LogP contribution < -0.4 is 5.32 Å². The number of rotatable bonds is 6. The normalized spacial score (nSPS) is 11.8. The number of nitrogens with one attached hydrogen (secondary N) is 1. The molecule has 0 spiro atoms. The Hall–Kier alpha value is -3.24. The van der Waals surface area contributed by atoms with Gasteiger partial charge >= 0.3 is 11.7 Å². The molecule has 11 heteroatoms. The third-order valence-electron chi connectivity index (χ3n) is 3.64. The predicted molar refractivity (Wildman–Crippen MR) is 86.1 cm³/mol. The van der Waals surface area contributed by atoms with Crippen molar-refractivity contribution < 1.29 is 19.2 Å². The van der Waals surface area contributed by atoms with E-state index in [2.05, 4.69) is 15.5 Å². The van der Waals surface area contributed by atoms with Crippen molar-refractivity contribution in [2.24, 2.45) is 7.05 Å². The summed E-state index contributed by atoms with van der Waals surface area (Å²) >= 11 is 0. The number of nitro groups is 1. The van der Waals surface area contributed by atoms with Gasteiger partial charge in [0.2, 0.25) is 5.91 Å². The van der Waals surface area contributed by atoms with Crippen molar-refractivity contribution in [1.29, 1.82) is 0 Å². The highest BCUT2D eigenvalue weighted by Gasteiger charge is 2.26. The van der Waals surface area contributed by atoms with Crippen molar-refractivity contribution >= 4 is 23.4 Å². The van der Waals surface area contributed by atoms with Gasteiger partial charge in [0.05, 0.1) is 17.7 Å². The molecule has 2 heterocycles. The number of nitrogens with zero attached hydrogens (tertiary/aromatic N) is 5. The second kappa shape index (κ2) is 7.11.